The molecule has 4 nitrogen and oxygen atoms in total. The second kappa shape index (κ2) is 4.66. The lowest BCUT2D eigenvalue weighted by Crippen LogP contribution is -2.25. The molecular weight excluding hydrogens is 240 g/mol. The van der Waals surface area contributed by atoms with Gasteiger partial charge in [0, 0.05) is 6.26 Å². The zero-order chi connectivity index (χ0) is 12.5. The molecule has 0 spiro atoms. The minimum atomic E-state index is -3.16. The second-order valence-corrected chi connectivity index (χ2v) is 6.41. The lowest BCUT2D eigenvalue weighted by molar-refractivity contribution is 0.0604. The van der Waals surface area contributed by atoms with Crippen molar-refractivity contribution in [1.82, 2.24) is 0 Å². The average molecular weight is 256 g/mol. The van der Waals surface area contributed by atoms with Crippen molar-refractivity contribution >= 4 is 9.84 Å². The number of hydrogen-bond acceptors (Lipinski definition) is 4. The molecule has 0 aromatic heterocycles. The van der Waals surface area contributed by atoms with Gasteiger partial charge in [-0.25, -0.2) is 8.42 Å². The molecule has 5 heteroatoms. The minimum Gasteiger partial charge on any atom is -0.488 e. The molecule has 1 N–H and O–H groups in total. The van der Waals surface area contributed by atoms with Gasteiger partial charge in [0.05, 0.1) is 11.0 Å². The number of ether oxygens (including phenoxy) is 1. The van der Waals surface area contributed by atoms with Crippen LogP contribution in [0.3, 0.4) is 0 Å². The Morgan fingerprint density at radius 1 is 1.24 bits per heavy atom. The van der Waals surface area contributed by atoms with E-state index in [2.05, 4.69) is 0 Å². The summed E-state index contributed by atoms with van der Waals surface area (Å²) in [6, 6.07) is 6.29. The van der Waals surface area contributed by atoms with Gasteiger partial charge < -0.3 is 9.84 Å². The van der Waals surface area contributed by atoms with E-state index in [4.69, 9.17) is 4.74 Å². The molecule has 2 atom stereocenters. The summed E-state index contributed by atoms with van der Waals surface area (Å²) in [5.74, 6) is 0.600. The van der Waals surface area contributed by atoms with Crippen molar-refractivity contribution in [3.63, 3.8) is 0 Å². The van der Waals surface area contributed by atoms with Gasteiger partial charge in [-0.15, -0.1) is 0 Å². The number of hydrogen-bond donors (Lipinski definition) is 1. The molecular formula is C12H16O4S. The Morgan fingerprint density at radius 2 is 1.88 bits per heavy atom. The number of rotatable bonds is 3. The van der Waals surface area contributed by atoms with Crippen LogP contribution < -0.4 is 4.74 Å². The predicted octanol–water partition coefficient (Wildman–Crippen LogP) is 1.38. The minimum absolute atomic E-state index is 0.168. The van der Waals surface area contributed by atoms with Gasteiger partial charge in [0.25, 0.3) is 0 Å². The van der Waals surface area contributed by atoms with Crippen molar-refractivity contribution in [2.75, 3.05) is 6.26 Å². The quantitative estimate of drug-likeness (QED) is 0.887. The first kappa shape index (κ1) is 12.4. The summed E-state index contributed by atoms with van der Waals surface area (Å²) in [5.41, 5.74) is 0. The van der Waals surface area contributed by atoms with Crippen molar-refractivity contribution in [2.24, 2.45) is 0 Å². The number of aliphatic hydroxyl groups excluding tert-OH is 1. The molecule has 1 aliphatic carbocycles. The third-order valence-electron chi connectivity index (χ3n) is 2.96. The van der Waals surface area contributed by atoms with Crippen molar-refractivity contribution in [1.29, 1.82) is 0 Å². The van der Waals surface area contributed by atoms with Crippen LogP contribution in [-0.4, -0.2) is 32.0 Å². The molecule has 0 radical (unpaired) electrons. The highest BCUT2D eigenvalue weighted by molar-refractivity contribution is 7.90. The van der Waals surface area contributed by atoms with E-state index in [-0.39, 0.29) is 11.0 Å². The SMILES string of the molecule is CS(=O)(=O)c1ccc(OC2CCCC2O)cc1. The van der Waals surface area contributed by atoms with Crippen LogP contribution in [0.5, 0.6) is 5.75 Å². The zero-order valence-electron chi connectivity index (χ0n) is 9.67. The number of sulfone groups is 1. The van der Waals surface area contributed by atoms with Crippen LogP contribution in [-0.2, 0) is 9.84 Å². The van der Waals surface area contributed by atoms with Crippen molar-refractivity contribution in [3.8, 4) is 5.75 Å². The summed E-state index contributed by atoms with van der Waals surface area (Å²) in [7, 11) is -3.16. The Morgan fingerprint density at radius 3 is 2.35 bits per heavy atom. The first-order valence-electron chi connectivity index (χ1n) is 5.61. The van der Waals surface area contributed by atoms with Crippen LogP contribution >= 0.6 is 0 Å². The summed E-state index contributed by atoms with van der Waals surface area (Å²) in [5, 5.41) is 9.61. The lowest BCUT2D eigenvalue weighted by Gasteiger charge is -2.17. The van der Waals surface area contributed by atoms with Crippen LogP contribution in [0.25, 0.3) is 0 Å². The number of aliphatic hydroxyl groups is 1. The Kier molecular flexibility index (Phi) is 3.40. The van der Waals surface area contributed by atoms with Crippen LogP contribution in [0.15, 0.2) is 29.2 Å². The maximum absolute atomic E-state index is 11.3. The highest BCUT2D eigenvalue weighted by Crippen LogP contribution is 2.25. The first-order valence-corrected chi connectivity index (χ1v) is 7.51. The van der Waals surface area contributed by atoms with Crippen LogP contribution in [0.2, 0.25) is 0 Å². The molecule has 1 aromatic carbocycles. The van der Waals surface area contributed by atoms with Crippen LogP contribution in [0.4, 0.5) is 0 Å². The van der Waals surface area contributed by atoms with Gasteiger partial charge in [0.1, 0.15) is 11.9 Å². The zero-order valence-corrected chi connectivity index (χ0v) is 10.5. The molecule has 0 aliphatic heterocycles. The lowest BCUT2D eigenvalue weighted by atomic mass is 10.2. The monoisotopic (exact) mass is 256 g/mol. The summed E-state index contributed by atoms with van der Waals surface area (Å²) in [6.07, 6.45) is 3.17. The molecule has 17 heavy (non-hydrogen) atoms. The summed E-state index contributed by atoms with van der Waals surface area (Å²) in [6.45, 7) is 0. The normalized spacial score (nSPS) is 24.8. The van der Waals surface area contributed by atoms with E-state index < -0.39 is 15.9 Å². The van der Waals surface area contributed by atoms with E-state index in [1.807, 2.05) is 0 Å². The predicted molar refractivity (Wildman–Crippen MR) is 63.8 cm³/mol. The van der Waals surface area contributed by atoms with Gasteiger partial charge in [0.2, 0.25) is 0 Å². The fourth-order valence-electron chi connectivity index (χ4n) is 1.98. The summed E-state index contributed by atoms with van der Waals surface area (Å²) < 4.78 is 28.1. The third-order valence-corrected chi connectivity index (χ3v) is 4.09. The van der Waals surface area contributed by atoms with Gasteiger partial charge >= 0.3 is 0 Å². The topological polar surface area (TPSA) is 63.6 Å². The van der Waals surface area contributed by atoms with Crippen molar-refractivity contribution < 1.29 is 18.3 Å². The maximum atomic E-state index is 11.3. The van der Waals surface area contributed by atoms with Crippen molar-refractivity contribution in [2.45, 2.75) is 36.4 Å². The molecule has 0 saturated heterocycles. The third kappa shape index (κ3) is 2.98. The van der Waals surface area contributed by atoms with E-state index in [1.165, 1.54) is 18.4 Å². The smallest absolute Gasteiger partial charge is 0.175 e. The van der Waals surface area contributed by atoms with E-state index in [1.54, 1.807) is 12.1 Å². The molecule has 2 unspecified atom stereocenters. The van der Waals surface area contributed by atoms with Crippen LogP contribution in [0, 0.1) is 0 Å². The van der Waals surface area contributed by atoms with Gasteiger partial charge in [-0.05, 0) is 43.5 Å². The standard InChI is InChI=1S/C12H16O4S/c1-17(14,15)10-7-5-9(6-8-10)16-12-4-2-3-11(12)13/h5-8,11-13H,2-4H2,1H3. The molecule has 1 aliphatic rings. The highest BCUT2D eigenvalue weighted by atomic mass is 32.2. The fourth-order valence-corrected chi connectivity index (χ4v) is 2.61. The van der Waals surface area contributed by atoms with Gasteiger partial charge in [-0.1, -0.05) is 0 Å². The van der Waals surface area contributed by atoms with Gasteiger partial charge in [-0.2, -0.15) is 0 Å². The van der Waals surface area contributed by atoms with Gasteiger partial charge in [-0.3, -0.25) is 0 Å². The highest BCUT2D eigenvalue weighted by Gasteiger charge is 2.26. The van der Waals surface area contributed by atoms with E-state index in [9.17, 15) is 13.5 Å². The molecule has 1 saturated carbocycles. The van der Waals surface area contributed by atoms with E-state index in [0.29, 0.717) is 5.75 Å². The fraction of sp³-hybridized carbons (Fsp3) is 0.500. The van der Waals surface area contributed by atoms with Crippen molar-refractivity contribution in [3.05, 3.63) is 24.3 Å². The first-order chi connectivity index (χ1) is 7.97. The van der Waals surface area contributed by atoms with E-state index >= 15 is 0 Å². The number of benzene rings is 1. The Balaban J connectivity index is 2.08. The molecule has 0 amide bonds. The Bertz CT molecular complexity index is 478. The largest absolute Gasteiger partial charge is 0.488 e. The van der Waals surface area contributed by atoms with Crippen LogP contribution in [0.1, 0.15) is 19.3 Å². The summed E-state index contributed by atoms with van der Waals surface area (Å²) >= 11 is 0. The molecule has 0 heterocycles. The Labute approximate surface area is 101 Å². The average Bonchev–Trinajstić information content (AvgIpc) is 2.64. The molecule has 2 rings (SSSR count). The summed E-state index contributed by atoms with van der Waals surface area (Å²) in [4.78, 5) is 0.275. The molecule has 1 aromatic rings. The molecule has 94 valence electrons. The maximum Gasteiger partial charge on any atom is 0.175 e. The van der Waals surface area contributed by atoms with E-state index in [0.717, 1.165) is 19.3 Å². The Hall–Kier alpha value is -1.07. The van der Waals surface area contributed by atoms with Gasteiger partial charge in [0.15, 0.2) is 9.84 Å². The second-order valence-electron chi connectivity index (χ2n) is 4.40. The molecule has 1 fully saturated rings. The molecule has 0 bridgehead atoms.